The lowest BCUT2D eigenvalue weighted by Crippen LogP contribution is -2.51. The van der Waals surface area contributed by atoms with Crippen molar-refractivity contribution < 1.29 is 24.0 Å². The largest absolute Gasteiger partial charge is 0.444 e. The summed E-state index contributed by atoms with van der Waals surface area (Å²) in [5.74, 6) is -0.116. The van der Waals surface area contributed by atoms with Crippen molar-refractivity contribution in [3.63, 3.8) is 0 Å². The highest BCUT2D eigenvalue weighted by Crippen LogP contribution is 2.49. The van der Waals surface area contributed by atoms with Gasteiger partial charge in [-0.05, 0) is 32.2 Å². The standard InChI is InChI=1S/C22H25N3O5S2/c1-21(2,3)30-20(28)24-12-16-13-29-25(22(16,14-24)17-10-7-11-31-17)19(27)23-32-18(26)15-8-5-4-6-9-15/h4-11,16H,12-14H2,1-3H3,(H,23,27). The molecule has 2 saturated heterocycles. The molecule has 2 aliphatic rings. The highest BCUT2D eigenvalue weighted by molar-refractivity contribution is 8.12. The summed E-state index contributed by atoms with van der Waals surface area (Å²) in [7, 11) is 0. The first kappa shape index (κ1) is 22.6. The van der Waals surface area contributed by atoms with Gasteiger partial charge in [0.05, 0.1) is 13.2 Å². The summed E-state index contributed by atoms with van der Waals surface area (Å²) in [6, 6.07) is 12.0. The highest BCUT2D eigenvalue weighted by Gasteiger charge is 2.61. The molecule has 0 spiro atoms. The van der Waals surface area contributed by atoms with Gasteiger partial charge in [0.2, 0.25) is 5.12 Å². The zero-order valence-electron chi connectivity index (χ0n) is 18.1. The molecule has 4 rings (SSSR count). The Kier molecular flexibility index (Phi) is 6.19. The average molecular weight is 476 g/mol. The number of nitrogens with zero attached hydrogens (tertiary/aromatic N) is 2. The maximum atomic E-state index is 13.1. The van der Waals surface area contributed by atoms with E-state index in [1.807, 2.05) is 44.4 Å². The van der Waals surface area contributed by atoms with Crippen molar-refractivity contribution in [1.29, 1.82) is 0 Å². The van der Waals surface area contributed by atoms with E-state index in [1.165, 1.54) is 16.4 Å². The first-order valence-electron chi connectivity index (χ1n) is 10.2. The lowest BCUT2D eigenvalue weighted by atomic mass is 9.87. The molecule has 0 aliphatic carbocycles. The number of urea groups is 1. The van der Waals surface area contributed by atoms with E-state index in [0.717, 1.165) is 4.88 Å². The first-order valence-corrected chi connectivity index (χ1v) is 11.9. The Morgan fingerprint density at radius 1 is 1.19 bits per heavy atom. The van der Waals surface area contributed by atoms with E-state index in [0.29, 0.717) is 24.1 Å². The number of nitrogens with one attached hydrogen (secondary N) is 1. The molecule has 2 fully saturated rings. The van der Waals surface area contributed by atoms with E-state index < -0.39 is 23.3 Å². The van der Waals surface area contributed by atoms with Gasteiger partial charge in [0.15, 0.2) is 0 Å². The minimum absolute atomic E-state index is 0.116. The van der Waals surface area contributed by atoms with Gasteiger partial charge < -0.3 is 9.64 Å². The molecule has 0 radical (unpaired) electrons. The molecule has 0 saturated carbocycles. The summed E-state index contributed by atoms with van der Waals surface area (Å²) in [6.07, 6.45) is -0.420. The second kappa shape index (κ2) is 8.76. The van der Waals surface area contributed by atoms with Crippen LogP contribution in [0.1, 0.15) is 36.0 Å². The maximum Gasteiger partial charge on any atom is 0.410 e. The number of hydrogen-bond acceptors (Lipinski definition) is 7. The van der Waals surface area contributed by atoms with Crippen molar-refractivity contribution in [1.82, 2.24) is 14.7 Å². The van der Waals surface area contributed by atoms with Gasteiger partial charge in [-0.25, -0.2) is 9.59 Å². The number of benzene rings is 1. The van der Waals surface area contributed by atoms with Crippen LogP contribution in [0.5, 0.6) is 0 Å². The number of hydroxylamine groups is 2. The molecule has 10 heteroatoms. The van der Waals surface area contributed by atoms with Gasteiger partial charge in [-0.2, -0.15) is 5.06 Å². The van der Waals surface area contributed by atoms with Crippen LogP contribution < -0.4 is 4.72 Å². The van der Waals surface area contributed by atoms with Crippen molar-refractivity contribution in [3.05, 3.63) is 58.3 Å². The SMILES string of the molecule is CC(C)(C)OC(=O)N1CC2CON(C(=O)NSC(=O)c3ccccc3)C2(c2cccs2)C1. The van der Waals surface area contributed by atoms with Crippen LogP contribution in [0.3, 0.4) is 0 Å². The molecular weight excluding hydrogens is 450 g/mol. The van der Waals surface area contributed by atoms with Crippen molar-refractivity contribution in [2.24, 2.45) is 5.92 Å². The first-order chi connectivity index (χ1) is 15.2. The monoisotopic (exact) mass is 475 g/mol. The summed E-state index contributed by atoms with van der Waals surface area (Å²) in [4.78, 5) is 46.6. The third kappa shape index (κ3) is 4.35. The number of carbonyl (C=O) groups is 3. The lowest BCUT2D eigenvalue weighted by molar-refractivity contribution is -0.121. The van der Waals surface area contributed by atoms with Crippen molar-refractivity contribution in [2.75, 3.05) is 19.7 Å². The zero-order valence-corrected chi connectivity index (χ0v) is 19.7. The predicted molar refractivity (Wildman–Crippen MR) is 122 cm³/mol. The number of thiophene rings is 1. The molecule has 1 aromatic heterocycles. The molecule has 0 bridgehead atoms. The topological polar surface area (TPSA) is 88.2 Å². The van der Waals surface area contributed by atoms with Crippen LogP contribution in [0.15, 0.2) is 47.8 Å². The molecule has 1 N–H and O–H groups in total. The zero-order chi connectivity index (χ0) is 22.9. The molecule has 2 atom stereocenters. The Hall–Kier alpha value is -2.56. The Bertz CT molecular complexity index is 993. The fourth-order valence-corrected chi connectivity index (χ4v) is 5.47. The van der Waals surface area contributed by atoms with E-state index in [1.54, 1.807) is 29.2 Å². The van der Waals surface area contributed by atoms with Gasteiger partial charge in [0, 0.05) is 34.9 Å². The summed E-state index contributed by atoms with van der Waals surface area (Å²) < 4.78 is 8.16. The molecule has 170 valence electrons. The Labute approximate surface area is 194 Å². The summed E-state index contributed by atoms with van der Waals surface area (Å²) >= 11 is 2.21. The molecule has 2 aliphatic heterocycles. The van der Waals surface area contributed by atoms with Gasteiger partial charge in [-0.15, -0.1) is 11.3 Å². The lowest BCUT2D eigenvalue weighted by Gasteiger charge is -2.35. The fourth-order valence-electron chi connectivity index (χ4n) is 3.98. The summed E-state index contributed by atoms with van der Waals surface area (Å²) in [6.45, 7) is 6.40. The molecule has 2 unspecified atom stereocenters. The van der Waals surface area contributed by atoms with Crippen LogP contribution in [-0.2, 0) is 15.1 Å². The number of amides is 3. The summed E-state index contributed by atoms with van der Waals surface area (Å²) in [5, 5.41) is 2.94. The molecule has 3 heterocycles. The van der Waals surface area contributed by atoms with Crippen LogP contribution in [0.25, 0.3) is 0 Å². The predicted octanol–water partition coefficient (Wildman–Crippen LogP) is 4.26. The smallest absolute Gasteiger partial charge is 0.410 e. The minimum atomic E-state index is -0.842. The van der Waals surface area contributed by atoms with Gasteiger partial charge in [0.25, 0.3) is 0 Å². The number of likely N-dealkylation sites (tertiary alicyclic amines) is 1. The van der Waals surface area contributed by atoms with E-state index >= 15 is 0 Å². The summed E-state index contributed by atoms with van der Waals surface area (Å²) in [5.41, 5.74) is -0.971. The quantitative estimate of drug-likeness (QED) is 0.653. The second-order valence-electron chi connectivity index (χ2n) is 8.71. The number of hydrogen-bond donors (Lipinski definition) is 1. The normalized spacial score (nSPS) is 22.5. The molecule has 2 aromatic rings. The third-order valence-electron chi connectivity index (χ3n) is 5.34. The van der Waals surface area contributed by atoms with Crippen LogP contribution >= 0.6 is 23.3 Å². The molecule has 32 heavy (non-hydrogen) atoms. The minimum Gasteiger partial charge on any atom is -0.444 e. The average Bonchev–Trinajstić information content (AvgIpc) is 3.46. The van der Waals surface area contributed by atoms with Crippen molar-refractivity contribution in [3.8, 4) is 0 Å². The van der Waals surface area contributed by atoms with E-state index in [-0.39, 0.29) is 24.2 Å². The van der Waals surface area contributed by atoms with Crippen molar-refractivity contribution in [2.45, 2.75) is 31.9 Å². The van der Waals surface area contributed by atoms with Gasteiger partial charge in [-0.3, -0.25) is 14.4 Å². The van der Waals surface area contributed by atoms with Crippen LogP contribution in [0, 0.1) is 5.92 Å². The van der Waals surface area contributed by atoms with Crippen molar-refractivity contribution >= 4 is 40.5 Å². The molecule has 8 nitrogen and oxygen atoms in total. The Morgan fingerprint density at radius 3 is 2.59 bits per heavy atom. The third-order valence-corrected chi connectivity index (χ3v) is 7.07. The molecular formula is C22H25N3O5S2. The molecule has 3 amide bonds. The number of rotatable bonds is 2. The second-order valence-corrected chi connectivity index (χ2v) is 10.4. The number of ether oxygens (including phenoxy) is 1. The molecule has 1 aromatic carbocycles. The fraction of sp³-hybridized carbons (Fsp3) is 0.409. The van der Waals surface area contributed by atoms with Crippen LogP contribution in [0.2, 0.25) is 0 Å². The maximum absolute atomic E-state index is 13.1. The Balaban J connectivity index is 1.53. The van der Waals surface area contributed by atoms with E-state index in [2.05, 4.69) is 4.72 Å². The van der Waals surface area contributed by atoms with Crippen LogP contribution in [-0.4, -0.2) is 52.5 Å². The van der Waals surface area contributed by atoms with Gasteiger partial charge in [0.1, 0.15) is 11.1 Å². The number of carbonyl (C=O) groups excluding carboxylic acids is 3. The van der Waals surface area contributed by atoms with Gasteiger partial charge in [-0.1, -0.05) is 36.4 Å². The van der Waals surface area contributed by atoms with E-state index in [4.69, 9.17) is 9.57 Å². The Morgan fingerprint density at radius 2 is 1.94 bits per heavy atom. The van der Waals surface area contributed by atoms with Gasteiger partial charge >= 0.3 is 12.1 Å². The number of fused-ring (bicyclic) bond motifs is 1. The van der Waals surface area contributed by atoms with E-state index in [9.17, 15) is 14.4 Å². The highest BCUT2D eigenvalue weighted by atomic mass is 32.2. The van der Waals surface area contributed by atoms with Crippen LogP contribution in [0.4, 0.5) is 9.59 Å².